The van der Waals surface area contributed by atoms with Crippen LogP contribution in [0.4, 0.5) is 0 Å². The number of hydrogen-bond acceptors (Lipinski definition) is 2. The van der Waals surface area contributed by atoms with E-state index in [1.54, 1.807) is 6.08 Å². The van der Waals surface area contributed by atoms with Gasteiger partial charge in [-0.15, -0.1) is 0 Å². The maximum Gasteiger partial charge on any atom is 0.177 e. The Morgan fingerprint density at radius 1 is 1.00 bits per heavy atom. The van der Waals surface area contributed by atoms with Crippen LogP contribution >= 0.6 is 0 Å². The Balaban J connectivity index is 1.78. The Hall–Kier alpha value is -1.41. The molecule has 4 rings (SSSR count). The molecule has 0 aromatic heterocycles. The van der Waals surface area contributed by atoms with E-state index in [0.717, 1.165) is 0 Å². The Kier molecular flexibility index (Phi) is 2.59. The first kappa shape index (κ1) is 11.4. The molecular weight excluding hydrogens is 234 g/mol. The number of fused-ring (bicyclic) bond motifs is 5. The van der Waals surface area contributed by atoms with E-state index in [0.29, 0.717) is 12.1 Å². The lowest BCUT2D eigenvalue weighted by molar-refractivity contribution is -0.122. The van der Waals surface area contributed by atoms with Gasteiger partial charge in [0.25, 0.3) is 0 Å². The third-order valence-corrected chi connectivity index (χ3v) is 4.94. The van der Waals surface area contributed by atoms with Crippen molar-refractivity contribution in [1.82, 2.24) is 4.90 Å². The molecule has 98 valence electrons. The topological polar surface area (TPSA) is 20.3 Å². The summed E-state index contributed by atoms with van der Waals surface area (Å²) in [6.07, 6.45) is 10.4. The molecule has 19 heavy (non-hydrogen) atoms. The molecule has 1 aromatic rings. The van der Waals surface area contributed by atoms with E-state index in [-0.39, 0.29) is 11.8 Å². The zero-order valence-electron chi connectivity index (χ0n) is 11.1. The van der Waals surface area contributed by atoms with Gasteiger partial charge in [-0.3, -0.25) is 9.69 Å². The van der Waals surface area contributed by atoms with Crippen LogP contribution in [-0.4, -0.2) is 16.7 Å². The van der Waals surface area contributed by atoms with Gasteiger partial charge in [-0.2, -0.15) is 0 Å². The first-order valence-electron chi connectivity index (χ1n) is 7.44. The van der Waals surface area contributed by atoms with Crippen LogP contribution in [0.25, 0.3) is 0 Å². The van der Waals surface area contributed by atoms with Gasteiger partial charge in [-0.25, -0.2) is 0 Å². The summed E-state index contributed by atoms with van der Waals surface area (Å²) >= 11 is 0. The largest absolute Gasteiger partial charge is 0.293 e. The SMILES string of the molecule is O=C1C=C[C@H]2c3ccccc3[C@@H]1N2C1CCCCC1. The van der Waals surface area contributed by atoms with Gasteiger partial charge in [0.15, 0.2) is 5.78 Å². The second kappa shape index (κ2) is 4.31. The maximum atomic E-state index is 12.3. The maximum absolute atomic E-state index is 12.3. The van der Waals surface area contributed by atoms with Crippen molar-refractivity contribution in [2.24, 2.45) is 0 Å². The lowest BCUT2D eigenvalue weighted by atomic mass is 9.91. The smallest absolute Gasteiger partial charge is 0.177 e. The molecule has 1 fully saturated rings. The number of ketones is 1. The number of rotatable bonds is 1. The van der Waals surface area contributed by atoms with Crippen molar-refractivity contribution in [3.8, 4) is 0 Å². The standard InChI is InChI=1S/C17H19NO/c19-16-11-10-15-13-8-4-5-9-14(13)17(16)18(15)12-6-2-1-3-7-12/h4-5,8-12,15,17H,1-3,6-7H2/t15-,17-/m0/s1. The average molecular weight is 253 g/mol. The monoisotopic (exact) mass is 253 g/mol. The van der Waals surface area contributed by atoms with Crippen LogP contribution in [0.15, 0.2) is 36.4 Å². The van der Waals surface area contributed by atoms with Gasteiger partial charge in [-0.05, 0) is 30.0 Å². The predicted molar refractivity (Wildman–Crippen MR) is 74.8 cm³/mol. The fourth-order valence-electron chi connectivity index (χ4n) is 4.11. The second-order valence-electron chi connectivity index (χ2n) is 5.98. The molecule has 2 atom stereocenters. The third kappa shape index (κ3) is 1.63. The van der Waals surface area contributed by atoms with Crippen LogP contribution in [-0.2, 0) is 4.79 Å². The Morgan fingerprint density at radius 2 is 1.74 bits per heavy atom. The molecule has 0 radical (unpaired) electrons. The molecule has 3 aliphatic rings. The summed E-state index contributed by atoms with van der Waals surface area (Å²) in [5.74, 6) is 0.270. The normalized spacial score (nSPS) is 30.6. The first-order chi connectivity index (χ1) is 9.36. The quantitative estimate of drug-likeness (QED) is 0.762. The zero-order chi connectivity index (χ0) is 12.8. The van der Waals surface area contributed by atoms with Gasteiger partial charge < -0.3 is 0 Å². The van der Waals surface area contributed by atoms with Gasteiger partial charge in [0, 0.05) is 6.04 Å². The molecule has 0 amide bonds. The first-order valence-corrected chi connectivity index (χ1v) is 7.44. The lowest BCUT2D eigenvalue weighted by Crippen LogP contribution is -2.41. The summed E-state index contributed by atoms with van der Waals surface area (Å²) in [6, 6.07) is 9.41. The number of nitrogens with zero attached hydrogens (tertiary/aromatic N) is 1. The van der Waals surface area contributed by atoms with Gasteiger partial charge in [0.1, 0.15) is 0 Å². The van der Waals surface area contributed by atoms with Crippen molar-refractivity contribution in [3.05, 3.63) is 47.5 Å². The molecule has 2 aliphatic heterocycles. The summed E-state index contributed by atoms with van der Waals surface area (Å²) in [6.45, 7) is 0. The number of benzene rings is 1. The van der Waals surface area contributed by atoms with E-state index >= 15 is 0 Å². The number of hydrogen-bond donors (Lipinski definition) is 0. The van der Waals surface area contributed by atoms with Crippen LogP contribution in [0.3, 0.4) is 0 Å². The molecular formula is C17H19NO. The van der Waals surface area contributed by atoms with E-state index in [1.807, 2.05) is 0 Å². The van der Waals surface area contributed by atoms with Crippen LogP contribution < -0.4 is 0 Å². The van der Waals surface area contributed by atoms with Gasteiger partial charge in [-0.1, -0.05) is 49.6 Å². The van der Waals surface area contributed by atoms with Gasteiger partial charge in [0.2, 0.25) is 0 Å². The highest BCUT2D eigenvalue weighted by molar-refractivity contribution is 5.97. The zero-order valence-corrected chi connectivity index (χ0v) is 11.1. The molecule has 0 N–H and O–H groups in total. The summed E-state index contributed by atoms with van der Waals surface area (Å²) in [5, 5.41) is 0. The highest BCUT2D eigenvalue weighted by Crippen LogP contribution is 2.49. The van der Waals surface area contributed by atoms with E-state index in [9.17, 15) is 4.79 Å². The van der Waals surface area contributed by atoms with Crippen molar-refractivity contribution < 1.29 is 4.79 Å². The fraction of sp³-hybridized carbons (Fsp3) is 0.471. The Labute approximate surface area is 114 Å². The van der Waals surface area contributed by atoms with Crippen LogP contribution in [0, 0.1) is 0 Å². The minimum atomic E-state index is -0.00528. The van der Waals surface area contributed by atoms with E-state index < -0.39 is 0 Å². The second-order valence-corrected chi connectivity index (χ2v) is 5.98. The van der Waals surface area contributed by atoms with Crippen molar-refractivity contribution in [3.63, 3.8) is 0 Å². The summed E-state index contributed by atoms with van der Waals surface area (Å²) in [5.41, 5.74) is 2.59. The molecule has 2 nitrogen and oxygen atoms in total. The number of carbonyl (C=O) groups is 1. The fourth-order valence-corrected chi connectivity index (χ4v) is 4.11. The van der Waals surface area contributed by atoms with Crippen LogP contribution in [0.1, 0.15) is 55.3 Å². The van der Waals surface area contributed by atoms with Crippen LogP contribution in [0.5, 0.6) is 0 Å². The molecule has 0 saturated heterocycles. The summed E-state index contributed by atoms with van der Waals surface area (Å²) < 4.78 is 0. The number of carbonyl (C=O) groups excluding carboxylic acids is 1. The minimum Gasteiger partial charge on any atom is -0.293 e. The molecule has 1 saturated carbocycles. The van der Waals surface area contributed by atoms with Crippen LogP contribution in [0.2, 0.25) is 0 Å². The van der Waals surface area contributed by atoms with Gasteiger partial charge >= 0.3 is 0 Å². The molecule has 0 spiro atoms. The third-order valence-electron chi connectivity index (χ3n) is 4.94. The lowest BCUT2D eigenvalue weighted by Gasteiger charge is -2.39. The average Bonchev–Trinajstić information content (AvgIpc) is 2.73. The molecule has 2 bridgehead atoms. The van der Waals surface area contributed by atoms with E-state index in [1.165, 1.54) is 43.2 Å². The Bertz CT molecular complexity index is 542. The summed E-state index contributed by atoms with van der Waals surface area (Å²) in [4.78, 5) is 14.8. The Morgan fingerprint density at radius 3 is 2.53 bits per heavy atom. The molecule has 1 aromatic carbocycles. The molecule has 2 heterocycles. The highest BCUT2D eigenvalue weighted by atomic mass is 16.1. The highest BCUT2D eigenvalue weighted by Gasteiger charge is 2.45. The minimum absolute atomic E-state index is 0.00528. The molecule has 0 unspecified atom stereocenters. The summed E-state index contributed by atoms with van der Waals surface area (Å²) in [7, 11) is 0. The molecule has 2 heteroatoms. The van der Waals surface area contributed by atoms with Crippen molar-refractivity contribution in [2.45, 2.75) is 50.2 Å². The van der Waals surface area contributed by atoms with E-state index in [4.69, 9.17) is 0 Å². The van der Waals surface area contributed by atoms with Crippen molar-refractivity contribution in [1.29, 1.82) is 0 Å². The van der Waals surface area contributed by atoms with Crippen molar-refractivity contribution >= 4 is 5.78 Å². The van der Waals surface area contributed by atoms with E-state index in [2.05, 4.69) is 35.2 Å². The predicted octanol–water partition coefficient (Wildman–Crippen LogP) is 3.56. The molecule has 1 aliphatic carbocycles. The van der Waals surface area contributed by atoms with Gasteiger partial charge in [0.05, 0.1) is 12.1 Å². The van der Waals surface area contributed by atoms with Crippen molar-refractivity contribution in [2.75, 3.05) is 0 Å².